The fraction of sp³-hybridized carbons (Fsp3) is 0.240. The van der Waals surface area contributed by atoms with Crippen molar-refractivity contribution in [3.05, 3.63) is 64.7 Å². The molecule has 1 aliphatic heterocycles. The van der Waals surface area contributed by atoms with Gasteiger partial charge >= 0.3 is 6.03 Å². The summed E-state index contributed by atoms with van der Waals surface area (Å²) in [7, 11) is -0.677. The highest BCUT2D eigenvalue weighted by atomic mass is 32.2. The van der Waals surface area contributed by atoms with Crippen LogP contribution in [0, 0.1) is 18.6 Å². The number of fused-ring (bicyclic) bond motifs is 1. The van der Waals surface area contributed by atoms with E-state index in [-0.39, 0.29) is 18.3 Å². The lowest BCUT2D eigenvalue weighted by molar-refractivity contribution is 0.0953. The van der Waals surface area contributed by atoms with Crippen LogP contribution >= 0.6 is 10.5 Å². The SMILES string of the molecule is C=S(C)c1nc(-c2cc(C(=O)NCCC)ccc2C)c2c(n1)N(c1c(F)cccc1F)C(=O)NC2. The summed E-state index contributed by atoms with van der Waals surface area (Å²) in [6, 6.07) is 7.96. The molecule has 0 spiro atoms. The number of hydrogen-bond acceptors (Lipinski definition) is 4. The summed E-state index contributed by atoms with van der Waals surface area (Å²) in [5.41, 5.74) is 2.38. The van der Waals surface area contributed by atoms with Gasteiger partial charge in [-0.1, -0.05) is 24.9 Å². The molecule has 0 radical (unpaired) electrons. The summed E-state index contributed by atoms with van der Waals surface area (Å²) in [4.78, 5) is 35.6. The minimum atomic E-state index is -0.898. The first-order chi connectivity index (χ1) is 16.7. The molecule has 0 bridgehead atoms. The quantitative estimate of drug-likeness (QED) is 0.374. The van der Waals surface area contributed by atoms with Crippen LogP contribution in [-0.2, 0) is 6.54 Å². The van der Waals surface area contributed by atoms with Crippen LogP contribution in [0.2, 0.25) is 0 Å². The zero-order valence-corrected chi connectivity index (χ0v) is 20.4. The van der Waals surface area contributed by atoms with Crippen molar-refractivity contribution in [2.75, 3.05) is 17.7 Å². The number of rotatable bonds is 6. The summed E-state index contributed by atoms with van der Waals surface area (Å²) in [6.07, 6.45) is 2.61. The molecule has 4 rings (SSSR count). The van der Waals surface area contributed by atoms with Gasteiger partial charge in [-0.25, -0.2) is 28.4 Å². The van der Waals surface area contributed by atoms with Crippen LogP contribution in [-0.4, -0.2) is 40.6 Å². The number of halogens is 2. The van der Waals surface area contributed by atoms with Gasteiger partial charge in [-0.2, -0.15) is 0 Å². The van der Waals surface area contributed by atoms with Crippen LogP contribution in [0.1, 0.15) is 34.8 Å². The minimum absolute atomic E-state index is 0.0523. The monoisotopic (exact) mass is 497 g/mol. The van der Waals surface area contributed by atoms with Crippen molar-refractivity contribution in [1.29, 1.82) is 0 Å². The maximum absolute atomic E-state index is 14.7. The lowest BCUT2D eigenvalue weighted by Crippen LogP contribution is -2.43. The normalized spacial score (nSPS) is 13.7. The van der Waals surface area contributed by atoms with Crippen molar-refractivity contribution in [2.45, 2.75) is 32.0 Å². The summed E-state index contributed by atoms with van der Waals surface area (Å²) < 4.78 is 29.5. The number of benzene rings is 2. The van der Waals surface area contributed by atoms with E-state index in [0.717, 1.165) is 29.0 Å². The Morgan fingerprint density at radius 1 is 1.23 bits per heavy atom. The number of nitrogens with zero attached hydrogens (tertiary/aromatic N) is 3. The lowest BCUT2D eigenvalue weighted by atomic mass is 9.97. The molecule has 1 aliphatic rings. The van der Waals surface area contributed by atoms with Crippen molar-refractivity contribution in [2.24, 2.45) is 0 Å². The molecule has 0 saturated heterocycles. The van der Waals surface area contributed by atoms with Crippen LogP contribution < -0.4 is 15.5 Å². The van der Waals surface area contributed by atoms with Gasteiger partial charge in [-0.15, -0.1) is 10.5 Å². The molecular formula is C25H25F2N5O2S. The Morgan fingerprint density at radius 3 is 2.60 bits per heavy atom. The van der Waals surface area contributed by atoms with E-state index in [1.54, 1.807) is 12.1 Å². The molecule has 182 valence electrons. The van der Waals surface area contributed by atoms with Crippen LogP contribution in [0.3, 0.4) is 0 Å². The van der Waals surface area contributed by atoms with E-state index in [4.69, 9.17) is 4.98 Å². The number of para-hydroxylation sites is 1. The Hall–Kier alpha value is -3.66. The van der Waals surface area contributed by atoms with Crippen LogP contribution in [0.25, 0.3) is 11.3 Å². The van der Waals surface area contributed by atoms with Gasteiger partial charge in [0.1, 0.15) is 17.3 Å². The standard InChI is InChI=1S/C25H25F2N5O2S/c1-5-11-28-23(33)15-10-9-14(2)16(12-15)20-17-13-29-25(34)32(21-18(26)7-6-8-19(21)27)22(17)31-24(30-20)35(3)4/h6-10,12H,3,5,11,13H2,1-2,4H3,(H,28,33)(H,29,34). The molecule has 3 amide bonds. The highest BCUT2D eigenvalue weighted by Crippen LogP contribution is 2.40. The first kappa shape index (κ1) is 24.5. The first-order valence-corrected chi connectivity index (χ1v) is 12.8. The van der Waals surface area contributed by atoms with Gasteiger partial charge in [-0.05, 0) is 49.4 Å². The number of carbonyl (C=O) groups excluding carboxylic acids is 2. The van der Waals surface area contributed by atoms with Crippen LogP contribution in [0.15, 0.2) is 41.6 Å². The maximum atomic E-state index is 14.7. The molecule has 0 saturated carbocycles. The number of carbonyl (C=O) groups is 2. The molecule has 1 atom stereocenters. The molecule has 2 aromatic carbocycles. The molecule has 0 aliphatic carbocycles. The van der Waals surface area contributed by atoms with Crippen LogP contribution in [0.4, 0.5) is 25.1 Å². The molecule has 7 nitrogen and oxygen atoms in total. The molecule has 0 fully saturated rings. The summed E-state index contributed by atoms with van der Waals surface area (Å²) in [5.74, 6) is 2.09. The van der Waals surface area contributed by atoms with E-state index in [0.29, 0.717) is 34.1 Å². The van der Waals surface area contributed by atoms with E-state index < -0.39 is 33.8 Å². The second-order valence-corrected chi connectivity index (χ2v) is 9.78. The fourth-order valence-corrected chi connectivity index (χ4v) is 4.28. The number of anilines is 2. The Balaban J connectivity index is 1.96. The first-order valence-electron chi connectivity index (χ1n) is 11.0. The van der Waals surface area contributed by atoms with Gasteiger partial charge in [0.05, 0.1) is 12.2 Å². The van der Waals surface area contributed by atoms with Gasteiger partial charge < -0.3 is 10.6 Å². The van der Waals surface area contributed by atoms with Gasteiger partial charge in [0, 0.05) is 23.2 Å². The third-order valence-electron chi connectivity index (χ3n) is 5.56. The van der Waals surface area contributed by atoms with Gasteiger partial charge in [-0.3, -0.25) is 4.79 Å². The third-order valence-corrected chi connectivity index (χ3v) is 6.37. The van der Waals surface area contributed by atoms with E-state index >= 15 is 0 Å². The zero-order valence-electron chi connectivity index (χ0n) is 19.6. The van der Waals surface area contributed by atoms with Crippen molar-refractivity contribution in [3.8, 4) is 11.3 Å². The zero-order chi connectivity index (χ0) is 25.3. The Labute approximate surface area is 204 Å². The molecule has 1 unspecified atom stereocenters. The highest BCUT2D eigenvalue weighted by Gasteiger charge is 2.34. The molecule has 1 aromatic heterocycles. The van der Waals surface area contributed by atoms with E-state index in [1.165, 1.54) is 6.07 Å². The van der Waals surface area contributed by atoms with E-state index in [2.05, 4.69) is 21.5 Å². The average molecular weight is 498 g/mol. The van der Waals surface area contributed by atoms with E-state index in [9.17, 15) is 18.4 Å². The Kier molecular flexibility index (Phi) is 6.93. The topological polar surface area (TPSA) is 87.2 Å². The fourth-order valence-electron chi connectivity index (χ4n) is 3.79. The minimum Gasteiger partial charge on any atom is -0.352 e. The van der Waals surface area contributed by atoms with Gasteiger partial charge in [0.2, 0.25) is 0 Å². The van der Waals surface area contributed by atoms with Gasteiger partial charge in [0.15, 0.2) is 11.0 Å². The summed E-state index contributed by atoms with van der Waals surface area (Å²) in [5, 5.41) is 5.85. The van der Waals surface area contributed by atoms with Crippen molar-refractivity contribution in [3.63, 3.8) is 0 Å². The van der Waals surface area contributed by atoms with Gasteiger partial charge in [0.25, 0.3) is 5.91 Å². The number of nitrogens with one attached hydrogen (secondary N) is 2. The number of urea groups is 1. The maximum Gasteiger partial charge on any atom is 0.328 e. The second-order valence-electron chi connectivity index (χ2n) is 8.14. The molecule has 3 aromatic rings. The predicted octanol–water partition coefficient (Wildman–Crippen LogP) is 4.92. The Bertz CT molecular complexity index is 1340. The highest BCUT2D eigenvalue weighted by molar-refractivity contribution is 8.13. The number of amides is 3. The van der Waals surface area contributed by atoms with Crippen molar-refractivity contribution < 1.29 is 18.4 Å². The lowest BCUT2D eigenvalue weighted by Gasteiger charge is -2.31. The number of aromatic nitrogens is 2. The number of hydrogen-bond donors (Lipinski definition) is 2. The molecule has 2 heterocycles. The van der Waals surface area contributed by atoms with Crippen LogP contribution in [0.5, 0.6) is 0 Å². The Morgan fingerprint density at radius 2 is 1.94 bits per heavy atom. The summed E-state index contributed by atoms with van der Waals surface area (Å²) in [6.45, 7) is 4.44. The average Bonchev–Trinajstić information content (AvgIpc) is 2.83. The van der Waals surface area contributed by atoms with E-state index in [1.807, 2.05) is 26.2 Å². The smallest absolute Gasteiger partial charge is 0.328 e. The second kappa shape index (κ2) is 9.91. The van der Waals surface area contributed by atoms with Crippen molar-refractivity contribution >= 4 is 39.8 Å². The summed E-state index contributed by atoms with van der Waals surface area (Å²) >= 11 is 0. The van der Waals surface area contributed by atoms with Crippen molar-refractivity contribution in [1.82, 2.24) is 20.6 Å². The molecule has 2 N–H and O–H groups in total. The molecule has 35 heavy (non-hydrogen) atoms. The predicted molar refractivity (Wildman–Crippen MR) is 134 cm³/mol. The third kappa shape index (κ3) is 4.66. The largest absolute Gasteiger partial charge is 0.352 e. The molecular weight excluding hydrogens is 472 g/mol. The number of aryl methyl sites for hydroxylation is 1. The molecule has 10 heteroatoms.